The third-order valence-electron chi connectivity index (χ3n) is 5.14. The van der Waals surface area contributed by atoms with E-state index in [-0.39, 0.29) is 0 Å². The van der Waals surface area contributed by atoms with Gasteiger partial charge in [0.05, 0.1) is 26.9 Å². The van der Waals surface area contributed by atoms with E-state index in [1.807, 2.05) is 0 Å². The van der Waals surface area contributed by atoms with Gasteiger partial charge in [0, 0.05) is 6.04 Å². The quantitative estimate of drug-likeness (QED) is 0.593. The number of rotatable bonds is 4. The number of benzene rings is 1. The molecule has 2 aliphatic rings. The van der Waals surface area contributed by atoms with E-state index in [4.69, 9.17) is 5.11 Å². The second-order valence-electron chi connectivity index (χ2n) is 6.99. The van der Waals surface area contributed by atoms with Gasteiger partial charge in [0.1, 0.15) is 0 Å². The van der Waals surface area contributed by atoms with E-state index in [0.29, 0.717) is 12.1 Å². The number of hydrogen-bond acceptors (Lipinski definition) is 8. The molecular weight excluding hydrogens is 372 g/mol. The molecule has 0 aromatic heterocycles. The summed E-state index contributed by atoms with van der Waals surface area (Å²) < 4.78 is 0. The van der Waals surface area contributed by atoms with Crippen molar-refractivity contribution in [3.05, 3.63) is 42.5 Å². The second-order valence-corrected chi connectivity index (χ2v) is 6.99. The number of nitro benzene ring substituents is 3. The highest BCUT2D eigenvalue weighted by atomic mass is 16.6. The van der Waals surface area contributed by atoms with Gasteiger partial charge in [-0.2, -0.15) is 0 Å². The average molecular weight is 396 g/mol. The first-order valence-corrected chi connectivity index (χ1v) is 9.35. The monoisotopic (exact) mass is 396 g/mol. The van der Waals surface area contributed by atoms with E-state index in [1.165, 1.54) is 64.5 Å². The summed E-state index contributed by atoms with van der Waals surface area (Å²) in [7, 11) is 0. The van der Waals surface area contributed by atoms with Crippen LogP contribution in [-0.4, -0.2) is 43.9 Å². The molecule has 1 aliphatic carbocycles. The standard InChI is InChI=1S/C11H21N.C6H3N3O7/c1-3-7-11(8-4-1)12-9-5-2-6-10-12;10-6-4(8(13)14)1-3(7(11)12)2-5(6)9(15)16/h11H,1-10H2;1-2,10H. The Morgan fingerprint density at radius 1 is 0.786 bits per heavy atom. The topological polar surface area (TPSA) is 153 Å². The second kappa shape index (κ2) is 9.93. The highest BCUT2D eigenvalue weighted by Crippen LogP contribution is 2.38. The van der Waals surface area contributed by atoms with Crippen LogP contribution in [0.1, 0.15) is 51.4 Å². The van der Waals surface area contributed by atoms with Crippen molar-refractivity contribution in [3.63, 3.8) is 0 Å². The number of piperidine rings is 1. The first-order chi connectivity index (χ1) is 13.3. The lowest BCUT2D eigenvalue weighted by atomic mass is 9.93. The molecule has 11 heteroatoms. The molecule has 1 N–H and O–H groups in total. The van der Waals surface area contributed by atoms with Crippen LogP contribution in [0.15, 0.2) is 12.1 Å². The molecule has 0 bridgehead atoms. The minimum atomic E-state index is -1.21. The Labute approximate surface area is 161 Å². The Bertz CT molecular complexity index is 677. The van der Waals surface area contributed by atoms with Crippen LogP contribution in [0.2, 0.25) is 0 Å². The minimum Gasteiger partial charge on any atom is -0.497 e. The fourth-order valence-electron chi connectivity index (χ4n) is 3.70. The molecule has 0 amide bonds. The van der Waals surface area contributed by atoms with Crippen molar-refractivity contribution in [2.75, 3.05) is 13.1 Å². The van der Waals surface area contributed by atoms with Crippen molar-refractivity contribution in [1.82, 2.24) is 4.90 Å². The molecule has 0 radical (unpaired) electrons. The first kappa shape index (κ1) is 21.5. The Balaban J connectivity index is 0.000000207. The smallest absolute Gasteiger partial charge is 0.324 e. The molecule has 0 atom stereocenters. The highest BCUT2D eigenvalue weighted by molar-refractivity contribution is 5.64. The molecule has 0 spiro atoms. The van der Waals surface area contributed by atoms with Crippen LogP contribution in [0.4, 0.5) is 17.1 Å². The van der Waals surface area contributed by atoms with Crippen LogP contribution in [0.3, 0.4) is 0 Å². The molecule has 2 fully saturated rings. The highest BCUT2D eigenvalue weighted by Gasteiger charge is 2.30. The zero-order valence-corrected chi connectivity index (χ0v) is 15.5. The summed E-state index contributed by atoms with van der Waals surface area (Å²) in [4.78, 5) is 30.5. The fraction of sp³-hybridized carbons (Fsp3) is 0.647. The number of phenols is 1. The van der Waals surface area contributed by atoms with Gasteiger partial charge in [-0.3, -0.25) is 30.3 Å². The lowest BCUT2D eigenvalue weighted by Gasteiger charge is -2.36. The average Bonchev–Trinajstić information content (AvgIpc) is 2.69. The van der Waals surface area contributed by atoms with Gasteiger partial charge in [-0.1, -0.05) is 25.7 Å². The van der Waals surface area contributed by atoms with Crippen molar-refractivity contribution in [2.24, 2.45) is 0 Å². The van der Waals surface area contributed by atoms with Gasteiger partial charge in [0.2, 0.25) is 0 Å². The van der Waals surface area contributed by atoms with Crippen LogP contribution in [-0.2, 0) is 0 Å². The van der Waals surface area contributed by atoms with E-state index >= 15 is 0 Å². The van der Waals surface area contributed by atoms with Gasteiger partial charge >= 0.3 is 11.4 Å². The number of nitro groups is 3. The van der Waals surface area contributed by atoms with Crippen molar-refractivity contribution in [2.45, 2.75) is 57.4 Å². The summed E-state index contributed by atoms with van der Waals surface area (Å²) in [5.41, 5.74) is -3.00. The Kier molecular flexibility index (Phi) is 7.61. The Morgan fingerprint density at radius 2 is 1.25 bits per heavy atom. The van der Waals surface area contributed by atoms with Gasteiger partial charge in [-0.25, -0.2) is 0 Å². The van der Waals surface area contributed by atoms with Crippen LogP contribution in [0, 0.1) is 30.3 Å². The minimum absolute atomic E-state index is 0.447. The fourth-order valence-corrected chi connectivity index (χ4v) is 3.70. The van der Waals surface area contributed by atoms with Crippen molar-refractivity contribution in [3.8, 4) is 5.75 Å². The van der Waals surface area contributed by atoms with E-state index in [2.05, 4.69) is 4.90 Å². The molecule has 1 heterocycles. The van der Waals surface area contributed by atoms with E-state index in [9.17, 15) is 30.3 Å². The van der Waals surface area contributed by atoms with Crippen molar-refractivity contribution in [1.29, 1.82) is 0 Å². The SMILES string of the molecule is C1CCC(N2CCCCC2)CC1.O=[N+]([O-])c1cc([N+](=O)[O-])c(O)c([N+](=O)[O-])c1. The van der Waals surface area contributed by atoms with Gasteiger partial charge in [-0.15, -0.1) is 0 Å². The largest absolute Gasteiger partial charge is 0.497 e. The number of nitrogens with zero attached hydrogens (tertiary/aromatic N) is 4. The number of aromatic hydroxyl groups is 1. The summed E-state index contributed by atoms with van der Waals surface area (Å²) in [5, 5.41) is 40.2. The molecule has 11 nitrogen and oxygen atoms in total. The molecule has 154 valence electrons. The number of hydrogen-bond donors (Lipinski definition) is 1. The molecular formula is C17H24N4O7. The molecule has 1 aliphatic heterocycles. The zero-order valence-electron chi connectivity index (χ0n) is 15.5. The number of non-ortho nitro benzene ring substituents is 1. The van der Waals surface area contributed by atoms with Gasteiger partial charge in [-0.05, 0) is 38.8 Å². The predicted molar refractivity (Wildman–Crippen MR) is 100 cm³/mol. The lowest BCUT2D eigenvalue weighted by Crippen LogP contribution is -2.40. The van der Waals surface area contributed by atoms with Crippen LogP contribution < -0.4 is 0 Å². The maximum absolute atomic E-state index is 10.4. The maximum Gasteiger partial charge on any atom is 0.324 e. The maximum atomic E-state index is 10.4. The summed E-state index contributed by atoms with van der Waals surface area (Å²) in [6, 6.07) is 1.86. The van der Waals surface area contributed by atoms with E-state index < -0.39 is 37.6 Å². The summed E-state index contributed by atoms with van der Waals surface area (Å²) in [6.07, 6.45) is 11.8. The van der Waals surface area contributed by atoms with E-state index in [1.54, 1.807) is 0 Å². The summed E-state index contributed by atoms with van der Waals surface area (Å²) in [5.74, 6) is -1.21. The molecule has 1 saturated carbocycles. The van der Waals surface area contributed by atoms with Crippen molar-refractivity contribution < 1.29 is 19.9 Å². The Morgan fingerprint density at radius 3 is 1.68 bits per heavy atom. The molecule has 1 aromatic carbocycles. The predicted octanol–water partition coefficient (Wildman–Crippen LogP) is 3.92. The van der Waals surface area contributed by atoms with Crippen LogP contribution >= 0.6 is 0 Å². The third kappa shape index (κ3) is 5.59. The van der Waals surface area contributed by atoms with Gasteiger partial charge in [0.25, 0.3) is 11.4 Å². The normalized spacial score (nSPS) is 18.0. The molecule has 3 rings (SSSR count). The molecule has 1 aromatic rings. The molecule has 28 heavy (non-hydrogen) atoms. The van der Waals surface area contributed by atoms with Crippen molar-refractivity contribution >= 4 is 17.1 Å². The van der Waals surface area contributed by atoms with Gasteiger partial charge < -0.3 is 10.0 Å². The molecule has 0 unspecified atom stereocenters. The number of likely N-dealkylation sites (tertiary alicyclic amines) is 1. The Hall–Kier alpha value is -2.82. The summed E-state index contributed by atoms with van der Waals surface area (Å²) in [6.45, 7) is 2.79. The van der Waals surface area contributed by atoms with Crippen LogP contribution in [0.5, 0.6) is 5.75 Å². The zero-order chi connectivity index (χ0) is 20.7. The number of phenolic OH excluding ortho intramolecular Hbond substituents is 1. The summed E-state index contributed by atoms with van der Waals surface area (Å²) >= 11 is 0. The van der Waals surface area contributed by atoms with E-state index in [0.717, 1.165) is 6.04 Å². The first-order valence-electron chi connectivity index (χ1n) is 9.35. The van der Waals surface area contributed by atoms with Crippen LogP contribution in [0.25, 0.3) is 0 Å². The lowest BCUT2D eigenvalue weighted by molar-refractivity contribution is -0.404. The third-order valence-corrected chi connectivity index (χ3v) is 5.14. The molecule has 1 saturated heterocycles. The van der Waals surface area contributed by atoms with Gasteiger partial charge in [0.15, 0.2) is 0 Å².